The number of benzene rings is 2. The van der Waals surface area contributed by atoms with Crippen LogP contribution >= 0.6 is 15.9 Å². The SMILES string of the molecule is CCC(=O)CCCOCCOCCOCCOCCNS(=O)(=O)c1ccc(Nc2ncc(Br)c(Nc3cccc(C)c3C(N)=O)n2)c(C)c1. The predicted molar refractivity (Wildman–Crippen MR) is 190 cm³/mol. The lowest BCUT2D eigenvalue weighted by atomic mass is 10.1. The smallest absolute Gasteiger partial charge is 0.251 e. The molecule has 0 bridgehead atoms. The molecule has 0 unspecified atom stereocenters. The van der Waals surface area contributed by atoms with Gasteiger partial charge in [-0.1, -0.05) is 19.1 Å². The van der Waals surface area contributed by atoms with E-state index in [9.17, 15) is 18.0 Å². The van der Waals surface area contributed by atoms with Gasteiger partial charge in [-0.2, -0.15) is 4.98 Å². The first-order valence-electron chi connectivity index (χ1n) is 15.9. The van der Waals surface area contributed by atoms with Gasteiger partial charge < -0.3 is 35.3 Å². The lowest BCUT2D eigenvalue weighted by molar-refractivity contribution is -0.119. The number of nitrogens with two attached hydrogens (primary N) is 1. The van der Waals surface area contributed by atoms with E-state index >= 15 is 0 Å². The Balaban J connectivity index is 1.36. The minimum absolute atomic E-state index is 0.0953. The Morgan fingerprint density at radius 3 is 2.14 bits per heavy atom. The van der Waals surface area contributed by atoms with Crippen LogP contribution in [-0.4, -0.2) is 89.5 Å². The van der Waals surface area contributed by atoms with Crippen LogP contribution in [0.15, 0.2) is 52.0 Å². The quantitative estimate of drug-likeness (QED) is 0.0932. The van der Waals surface area contributed by atoms with Gasteiger partial charge in [0.15, 0.2) is 0 Å². The van der Waals surface area contributed by atoms with E-state index in [2.05, 4.69) is 41.3 Å². The molecule has 3 rings (SSSR count). The zero-order valence-corrected chi connectivity index (χ0v) is 30.5. The second-order valence-corrected chi connectivity index (χ2v) is 13.4. The number of hydrogen-bond donors (Lipinski definition) is 4. The first kappa shape index (κ1) is 39.9. The van der Waals surface area contributed by atoms with E-state index in [1.807, 2.05) is 6.92 Å². The maximum atomic E-state index is 12.9. The number of amides is 1. The maximum Gasteiger partial charge on any atom is 0.251 e. The van der Waals surface area contributed by atoms with Crippen LogP contribution in [0.3, 0.4) is 0 Å². The molecular weight excluding hydrogens is 720 g/mol. The number of ketones is 1. The van der Waals surface area contributed by atoms with E-state index in [0.29, 0.717) is 91.9 Å². The van der Waals surface area contributed by atoms with Gasteiger partial charge in [-0.25, -0.2) is 18.1 Å². The highest BCUT2D eigenvalue weighted by molar-refractivity contribution is 9.10. The first-order valence-corrected chi connectivity index (χ1v) is 18.2. The first-order chi connectivity index (χ1) is 23.5. The topological polar surface area (TPSA) is 193 Å². The molecule has 0 saturated heterocycles. The van der Waals surface area contributed by atoms with Crippen LogP contribution in [0.25, 0.3) is 0 Å². The molecule has 0 aliphatic heterocycles. The number of ether oxygens (including phenoxy) is 4. The molecule has 268 valence electrons. The predicted octanol–water partition coefficient (Wildman–Crippen LogP) is 4.55. The van der Waals surface area contributed by atoms with Crippen molar-refractivity contribution in [3.05, 3.63) is 63.8 Å². The van der Waals surface area contributed by atoms with Gasteiger partial charge in [0, 0.05) is 37.9 Å². The number of halogens is 1. The van der Waals surface area contributed by atoms with Crippen molar-refractivity contribution in [2.45, 2.75) is 44.9 Å². The highest BCUT2D eigenvalue weighted by Gasteiger charge is 2.17. The van der Waals surface area contributed by atoms with Crippen LogP contribution in [0.4, 0.5) is 23.1 Å². The Hall–Kier alpha value is -3.51. The molecule has 1 aromatic heterocycles. The van der Waals surface area contributed by atoms with Gasteiger partial charge >= 0.3 is 0 Å². The Morgan fingerprint density at radius 1 is 0.857 bits per heavy atom. The third-order valence-electron chi connectivity index (χ3n) is 7.06. The van der Waals surface area contributed by atoms with E-state index in [0.717, 1.165) is 12.0 Å². The van der Waals surface area contributed by atoms with Crippen molar-refractivity contribution < 1.29 is 37.0 Å². The van der Waals surface area contributed by atoms with E-state index < -0.39 is 15.9 Å². The molecule has 0 aliphatic carbocycles. The van der Waals surface area contributed by atoms with Gasteiger partial charge in [0.1, 0.15) is 11.6 Å². The molecule has 0 radical (unpaired) electrons. The number of Topliss-reactive ketones (excluding diaryl/α,β-unsaturated/α-hetero) is 1. The molecule has 49 heavy (non-hydrogen) atoms. The molecule has 0 spiro atoms. The summed E-state index contributed by atoms with van der Waals surface area (Å²) in [6.07, 6.45) is 3.40. The lowest BCUT2D eigenvalue weighted by Gasteiger charge is -2.15. The summed E-state index contributed by atoms with van der Waals surface area (Å²) < 4.78 is 50.6. The number of hydrogen-bond acceptors (Lipinski definition) is 12. The summed E-state index contributed by atoms with van der Waals surface area (Å²) in [7, 11) is -3.77. The molecule has 0 aliphatic rings. The van der Waals surface area contributed by atoms with Crippen LogP contribution in [0.2, 0.25) is 0 Å². The number of carbonyl (C=O) groups is 2. The summed E-state index contributed by atoms with van der Waals surface area (Å²) in [6, 6.07) is 10.00. The minimum Gasteiger partial charge on any atom is -0.379 e. The fraction of sp³-hybridized carbons (Fsp3) is 0.455. The van der Waals surface area contributed by atoms with Gasteiger partial charge in [-0.05, 0) is 71.6 Å². The van der Waals surface area contributed by atoms with Crippen molar-refractivity contribution in [1.29, 1.82) is 0 Å². The largest absolute Gasteiger partial charge is 0.379 e. The van der Waals surface area contributed by atoms with Gasteiger partial charge in [-0.15, -0.1) is 0 Å². The van der Waals surface area contributed by atoms with Crippen LogP contribution in [0.1, 0.15) is 47.7 Å². The van der Waals surface area contributed by atoms with E-state index in [1.54, 1.807) is 50.4 Å². The van der Waals surface area contributed by atoms with E-state index in [-0.39, 0.29) is 29.8 Å². The number of rotatable bonds is 24. The summed E-state index contributed by atoms with van der Waals surface area (Å²) in [4.78, 5) is 32.2. The van der Waals surface area contributed by atoms with Gasteiger partial charge in [0.2, 0.25) is 16.0 Å². The fourth-order valence-corrected chi connectivity index (χ4v) is 5.84. The zero-order chi connectivity index (χ0) is 35.6. The number of aromatic nitrogens is 2. The third kappa shape index (κ3) is 13.7. The maximum absolute atomic E-state index is 12.9. The Morgan fingerprint density at radius 2 is 1.51 bits per heavy atom. The summed E-state index contributed by atoms with van der Waals surface area (Å²) in [6.45, 7) is 8.66. The highest BCUT2D eigenvalue weighted by Crippen LogP contribution is 2.29. The van der Waals surface area contributed by atoms with Crippen molar-refractivity contribution in [2.75, 3.05) is 70.0 Å². The Labute approximate surface area is 296 Å². The van der Waals surface area contributed by atoms with Crippen LogP contribution < -0.4 is 21.1 Å². The number of anilines is 4. The van der Waals surface area contributed by atoms with Gasteiger partial charge in [0.25, 0.3) is 5.91 Å². The second-order valence-electron chi connectivity index (χ2n) is 10.8. The zero-order valence-electron chi connectivity index (χ0n) is 28.1. The molecule has 0 atom stereocenters. The molecule has 0 fully saturated rings. The van der Waals surface area contributed by atoms with Crippen LogP contribution in [-0.2, 0) is 33.8 Å². The molecule has 16 heteroatoms. The number of primary amides is 1. The second kappa shape index (κ2) is 20.9. The monoisotopic (exact) mass is 764 g/mol. The molecule has 1 heterocycles. The van der Waals surface area contributed by atoms with E-state index in [1.165, 1.54) is 6.07 Å². The number of nitrogens with one attached hydrogen (secondary N) is 3. The van der Waals surface area contributed by atoms with Crippen molar-refractivity contribution in [3.63, 3.8) is 0 Å². The van der Waals surface area contributed by atoms with Crippen molar-refractivity contribution in [3.8, 4) is 0 Å². The summed E-state index contributed by atoms with van der Waals surface area (Å²) in [5, 5.41) is 6.24. The molecule has 3 aromatic rings. The van der Waals surface area contributed by atoms with Crippen molar-refractivity contribution in [2.24, 2.45) is 5.73 Å². The average molecular weight is 766 g/mol. The molecule has 0 saturated carbocycles. The highest BCUT2D eigenvalue weighted by atomic mass is 79.9. The lowest BCUT2D eigenvalue weighted by Crippen LogP contribution is -2.28. The minimum atomic E-state index is -3.77. The third-order valence-corrected chi connectivity index (χ3v) is 9.10. The average Bonchev–Trinajstić information content (AvgIpc) is 3.06. The summed E-state index contributed by atoms with van der Waals surface area (Å²) in [5.41, 5.74) is 8.44. The number of nitrogens with zero attached hydrogens (tertiary/aromatic N) is 2. The Bertz CT molecular complexity index is 1640. The van der Waals surface area contributed by atoms with Gasteiger partial charge in [-0.3, -0.25) is 9.59 Å². The molecule has 5 N–H and O–H groups in total. The van der Waals surface area contributed by atoms with E-state index in [4.69, 9.17) is 24.7 Å². The summed E-state index contributed by atoms with van der Waals surface area (Å²) >= 11 is 3.43. The van der Waals surface area contributed by atoms with Gasteiger partial charge in [0.05, 0.1) is 66.9 Å². The number of carbonyl (C=O) groups excluding carboxylic acids is 2. The number of sulfonamides is 1. The normalized spacial score (nSPS) is 11.4. The molecule has 14 nitrogen and oxygen atoms in total. The molecule has 1 amide bonds. The van der Waals surface area contributed by atoms with Crippen molar-refractivity contribution in [1.82, 2.24) is 14.7 Å². The molecular formula is C33H45BrN6O8S. The number of aryl methyl sites for hydroxylation is 2. The fourth-order valence-electron chi connectivity index (χ4n) is 4.45. The van der Waals surface area contributed by atoms with Crippen molar-refractivity contribution >= 4 is 60.8 Å². The van der Waals surface area contributed by atoms with Crippen LogP contribution in [0, 0.1) is 13.8 Å². The Kier molecular flexibility index (Phi) is 17.0. The summed E-state index contributed by atoms with van der Waals surface area (Å²) in [5.74, 6) is 0.340. The van der Waals surface area contributed by atoms with Crippen LogP contribution in [0.5, 0.6) is 0 Å². The standard InChI is InChI=1S/C33H45BrN6O8S/c1-4-25(41)8-6-13-45-15-17-47-19-20-48-18-16-46-14-12-37-49(43,44)26-10-11-28(24(3)21-26)39-33-36-22-27(34)32(40-33)38-29-9-5-7-23(2)30(29)31(35)42/h5,7,9-11,21-22,37H,4,6,8,12-20H2,1-3H3,(H2,35,42)(H2,36,38,39,40). The molecule has 2 aromatic carbocycles.